The topological polar surface area (TPSA) is 59.8 Å². The second kappa shape index (κ2) is 8.60. The molecule has 0 bridgehead atoms. The van der Waals surface area contributed by atoms with E-state index in [9.17, 15) is 9.18 Å². The fraction of sp³-hybridized carbons (Fsp3) is 0.348. The van der Waals surface area contributed by atoms with E-state index in [2.05, 4.69) is 29.4 Å². The number of amides is 1. The highest BCUT2D eigenvalue weighted by molar-refractivity contribution is 8.00. The largest absolute Gasteiger partial charge is 0.325 e. The molecule has 1 fully saturated rings. The molecule has 1 N–H and O–H groups in total. The Labute approximate surface area is 180 Å². The van der Waals surface area contributed by atoms with Crippen molar-refractivity contribution in [2.45, 2.75) is 56.0 Å². The van der Waals surface area contributed by atoms with E-state index in [0.29, 0.717) is 22.5 Å². The monoisotopic (exact) mass is 424 g/mol. The van der Waals surface area contributed by atoms with Gasteiger partial charge in [0.15, 0.2) is 11.0 Å². The van der Waals surface area contributed by atoms with Crippen molar-refractivity contribution in [3.05, 3.63) is 59.9 Å². The second-order valence-electron chi connectivity index (χ2n) is 7.88. The lowest BCUT2D eigenvalue weighted by atomic mass is 10.0. The zero-order valence-corrected chi connectivity index (χ0v) is 18.1. The smallest absolute Gasteiger partial charge is 0.237 e. The summed E-state index contributed by atoms with van der Waals surface area (Å²) in [6.45, 7) is 6.06. The average Bonchev–Trinajstić information content (AvgIpc) is 3.49. The molecule has 1 aromatic heterocycles. The quantitative estimate of drug-likeness (QED) is 0.497. The fourth-order valence-electron chi connectivity index (χ4n) is 3.41. The molecule has 1 amide bonds. The van der Waals surface area contributed by atoms with E-state index >= 15 is 0 Å². The van der Waals surface area contributed by atoms with E-state index in [1.54, 1.807) is 18.2 Å². The van der Waals surface area contributed by atoms with Crippen molar-refractivity contribution < 1.29 is 9.18 Å². The maximum atomic E-state index is 14.3. The van der Waals surface area contributed by atoms with Crippen molar-refractivity contribution in [2.24, 2.45) is 0 Å². The Kier molecular flexibility index (Phi) is 5.90. The van der Waals surface area contributed by atoms with Gasteiger partial charge in [0.1, 0.15) is 5.82 Å². The highest BCUT2D eigenvalue weighted by atomic mass is 32.2. The molecule has 0 spiro atoms. The van der Waals surface area contributed by atoms with Gasteiger partial charge in [-0.3, -0.25) is 9.36 Å². The Hall–Kier alpha value is -2.67. The fourth-order valence-corrected chi connectivity index (χ4v) is 4.33. The van der Waals surface area contributed by atoms with Gasteiger partial charge in [0.2, 0.25) is 5.91 Å². The minimum Gasteiger partial charge on any atom is -0.325 e. The summed E-state index contributed by atoms with van der Waals surface area (Å²) < 4.78 is 16.3. The number of thioether (sulfide) groups is 1. The minimum absolute atomic E-state index is 0.0918. The zero-order valence-electron chi connectivity index (χ0n) is 17.3. The Morgan fingerprint density at radius 1 is 1.10 bits per heavy atom. The van der Waals surface area contributed by atoms with E-state index in [-0.39, 0.29) is 23.0 Å². The van der Waals surface area contributed by atoms with Gasteiger partial charge in [0, 0.05) is 11.7 Å². The van der Waals surface area contributed by atoms with E-state index in [4.69, 9.17) is 0 Å². The molecule has 1 aliphatic carbocycles. The molecular weight excluding hydrogens is 399 g/mol. The number of hydrogen-bond donors (Lipinski definition) is 1. The van der Waals surface area contributed by atoms with Gasteiger partial charge in [-0.15, -0.1) is 10.2 Å². The number of para-hydroxylation sites is 1. The summed E-state index contributed by atoms with van der Waals surface area (Å²) in [6.07, 6.45) is 2.02. The number of nitrogens with one attached hydrogen (secondary N) is 1. The molecule has 4 rings (SSSR count). The summed E-state index contributed by atoms with van der Waals surface area (Å²) in [7, 11) is 0. The summed E-state index contributed by atoms with van der Waals surface area (Å²) in [5.41, 5.74) is 2.37. The van der Waals surface area contributed by atoms with Crippen molar-refractivity contribution in [1.29, 1.82) is 0 Å². The van der Waals surface area contributed by atoms with Crippen LogP contribution in [0.4, 0.5) is 10.1 Å². The third kappa shape index (κ3) is 4.26. The Morgan fingerprint density at radius 2 is 1.80 bits per heavy atom. The van der Waals surface area contributed by atoms with Gasteiger partial charge >= 0.3 is 0 Å². The number of halogens is 1. The van der Waals surface area contributed by atoms with Crippen molar-refractivity contribution in [3.8, 4) is 11.4 Å². The van der Waals surface area contributed by atoms with E-state index < -0.39 is 0 Å². The number of nitrogens with zero attached hydrogens (tertiary/aromatic N) is 3. The van der Waals surface area contributed by atoms with Crippen LogP contribution in [0, 0.1) is 5.82 Å². The standard InChI is InChI=1S/C23H25FN4OS/c1-14(2)17-8-5-7-11-20(17)25-22(29)15(3)30-23-27-26-21(28(23)16-12-13-16)18-9-4-6-10-19(18)24/h4-11,14-16H,12-13H2,1-3H3,(H,25,29)/t15-/m0/s1. The average molecular weight is 425 g/mol. The first-order valence-electron chi connectivity index (χ1n) is 10.2. The lowest BCUT2D eigenvalue weighted by Crippen LogP contribution is -2.23. The molecule has 7 heteroatoms. The summed E-state index contributed by atoms with van der Waals surface area (Å²) >= 11 is 1.36. The number of benzene rings is 2. The summed E-state index contributed by atoms with van der Waals surface area (Å²) in [5, 5.41) is 11.9. The molecule has 156 valence electrons. The molecule has 0 radical (unpaired) electrons. The Morgan fingerprint density at radius 3 is 2.50 bits per heavy atom. The van der Waals surface area contributed by atoms with Crippen LogP contribution in [0.15, 0.2) is 53.7 Å². The summed E-state index contributed by atoms with van der Waals surface area (Å²) in [4.78, 5) is 12.9. The molecule has 1 aliphatic rings. The van der Waals surface area contributed by atoms with Crippen LogP contribution < -0.4 is 5.32 Å². The highest BCUT2D eigenvalue weighted by Gasteiger charge is 2.32. The minimum atomic E-state index is -0.375. The van der Waals surface area contributed by atoms with Crippen LogP contribution in [0.25, 0.3) is 11.4 Å². The van der Waals surface area contributed by atoms with Gasteiger partial charge in [-0.05, 0) is 49.4 Å². The maximum absolute atomic E-state index is 14.3. The molecule has 1 saturated carbocycles. The predicted molar refractivity (Wildman–Crippen MR) is 118 cm³/mol. The Balaban J connectivity index is 1.55. The molecule has 1 heterocycles. The molecular formula is C23H25FN4OS. The number of carbonyl (C=O) groups excluding carboxylic acids is 1. The number of anilines is 1. The third-order valence-electron chi connectivity index (χ3n) is 5.18. The van der Waals surface area contributed by atoms with Crippen LogP contribution in [-0.4, -0.2) is 25.9 Å². The maximum Gasteiger partial charge on any atom is 0.237 e. The summed E-state index contributed by atoms with van der Waals surface area (Å²) in [6, 6.07) is 14.7. The number of aromatic nitrogens is 3. The van der Waals surface area contributed by atoms with Crippen molar-refractivity contribution >= 4 is 23.4 Å². The van der Waals surface area contributed by atoms with Crippen LogP contribution in [0.2, 0.25) is 0 Å². The molecule has 0 aliphatic heterocycles. The van der Waals surface area contributed by atoms with Crippen LogP contribution in [0.3, 0.4) is 0 Å². The molecule has 0 saturated heterocycles. The molecule has 0 unspecified atom stereocenters. The van der Waals surface area contributed by atoms with Crippen LogP contribution in [0.5, 0.6) is 0 Å². The van der Waals surface area contributed by atoms with Crippen molar-refractivity contribution in [3.63, 3.8) is 0 Å². The van der Waals surface area contributed by atoms with Gasteiger partial charge in [-0.25, -0.2) is 4.39 Å². The lowest BCUT2D eigenvalue weighted by molar-refractivity contribution is -0.115. The van der Waals surface area contributed by atoms with E-state index in [1.807, 2.05) is 35.8 Å². The first-order valence-corrected chi connectivity index (χ1v) is 11.1. The number of hydrogen-bond acceptors (Lipinski definition) is 4. The lowest BCUT2D eigenvalue weighted by Gasteiger charge is -2.16. The second-order valence-corrected chi connectivity index (χ2v) is 9.19. The van der Waals surface area contributed by atoms with Crippen LogP contribution in [0.1, 0.15) is 51.1 Å². The van der Waals surface area contributed by atoms with Gasteiger partial charge in [0.05, 0.1) is 10.8 Å². The third-order valence-corrected chi connectivity index (χ3v) is 6.24. The van der Waals surface area contributed by atoms with E-state index in [0.717, 1.165) is 24.1 Å². The van der Waals surface area contributed by atoms with Gasteiger partial charge in [-0.1, -0.05) is 55.9 Å². The van der Waals surface area contributed by atoms with Crippen LogP contribution in [-0.2, 0) is 4.79 Å². The number of carbonyl (C=O) groups is 1. The van der Waals surface area contributed by atoms with Crippen molar-refractivity contribution in [1.82, 2.24) is 14.8 Å². The van der Waals surface area contributed by atoms with Crippen molar-refractivity contribution in [2.75, 3.05) is 5.32 Å². The van der Waals surface area contributed by atoms with Gasteiger partial charge < -0.3 is 5.32 Å². The Bertz CT molecular complexity index is 1060. The SMILES string of the molecule is CC(C)c1ccccc1NC(=O)[C@H](C)Sc1nnc(-c2ccccc2F)n1C1CC1. The van der Waals surface area contributed by atoms with E-state index in [1.165, 1.54) is 17.8 Å². The molecule has 30 heavy (non-hydrogen) atoms. The van der Waals surface area contributed by atoms with Gasteiger partial charge in [-0.2, -0.15) is 0 Å². The molecule has 1 atom stereocenters. The molecule has 2 aromatic carbocycles. The number of rotatable bonds is 7. The normalized spacial score (nSPS) is 14.7. The van der Waals surface area contributed by atoms with Gasteiger partial charge in [0.25, 0.3) is 0 Å². The first-order chi connectivity index (χ1) is 14.5. The highest BCUT2D eigenvalue weighted by Crippen LogP contribution is 2.42. The van der Waals surface area contributed by atoms with Crippen LogP contribution >= 0.6 is 11.8 Å². The zero-order chi connectivity index (χ0) is 21.3. The predicted octanol–water partition coefficient (Wildman–Crippen LogP) is 5.66. The molecule has 3 aromatic rings. The summed E-state index contributed by atoms with van der Waals surface area (Å²) in [5.74, 6) is 0.423. The molecule has 5 nitrogen and oxygen atoms in total. The first kappa shape index (κ1) is 20.6.